The van der Waals surface area contributed by atoms with Gasteiger partial charge in [0.1, 0.15) is 5.25 Å². The van der Waals surface area contributed by atoms with E-state index in [1.54, 1.807) is 6.92 Å². The van der Waals surface area contributed by atoms with Gasteiger partial charge < -0.3 is 0 Å². The minimum absolute atomic E-state index is 0.519. The van der Waals surface area contributed by atoms with Crippen molar-refractivity contribution in [2.75, 3.05) is 12.5 Å². The van der Waals surface area contributed by atoms with Crippen LogP contribution in [0.25, 0.3) is 0 Å². The van der Waals surface area contributed by atoms with Crippen LogP contribution in [0.4, 0.5) is 3.89 Å². The van der Waals surface area contributed by atoms with E-state index in [1.807, 2.05) is 12.1 Å². The van der Waals surface area contributed by atoms with Crippen LogP contribution in [0.1, 0.15) is 6.92 Å². The zero-order valence-electron chi connectivity index (χ0n) is 6.84. The molecule has 2 atom stereocenters. The summed E-state index contributed by atoms with van der Waals surface area (Å²) in [6.45, 7) is 1.57. The summed E-state index contributed by atoms with van der Waals surface area (Å²) in [7, 11) is -2.41. The van der Waals surface area contributed by atoms with Crippen LogP contribution < -0.4 is 0 Å². The van der Waals surface area contributed by atoms with Crippen molar-refractivity contribution in [3.05, 3.63) is 0 Å². The third-order valence-corrected chi connectivity index (χ3v) is 3.11. The van der Waals surface area contributed by atoms with E-state index in [0.717, 1.165) is 0 Å². The summed E-state index contributed by atoms with van der Waals surface area (Å²) in [6, 6.07) is 3.71. The maximum absolute atomic E-state index is 13.2. The number of rotatable bonds is 2. The molecule has 0 aliphatic heterocycles. The summed E-state index contributed by atoms with van der Waals surface area (Å²) in [5, 5.41) is 16.2. The molecule has 0 aromatic rings. The zero-order valence-corrected chi connectivity index (χ0v) is 7.65. The number of halogens is 1. The number of nitrogens with zero attached hydrogens (tertiary/aromatic N) is 2. The van der Waals surface area contributed by atoms with Gasteiger partial charge in [-0.1, -0.05) is 10.4 Å². The van der Waals surface area contributed by atoms with Gasteiger partial charge in [0.15, 0.2) is 0 Å². The predicted molar refractivity (Wildman–Crippen MR) is 44.7 cm³/mol. The molecule has 0 aromatic carbocycles. The van der Waals surface area contributed by atoms with Gasteiger partial charge in [0.05, 0.1) is 18.1 Å². The van der Waals surface area contributed by atoms with Gasteiger partial charge >= 0.3 is 0 Å². The van der Waals surface area contributed by atoms with E-state index in [1.165, 1.54) is 12.5 Å². The van der Waals surface area contributed by atoms with E-state index in [4.69, 9.17) is 10.5 Å². The Hall–Kier alpha value is -0.740. The Bertz CT molecular complexity index is 208. The summed E-state index contributed by atoms with van der Waals surface area (Å²) >= 11 is 0. The van der Waals surface area contributed by atoms with Crippen LogP contribution >= 0.6 is 10.4 Å². The molecule has 0 fully saturated rings. The Morgan fingerprint density at radius 3 is 1.82 bits per heavy atom. The first-order chi connectivity index (χ1) is 4.93. The van der Waals surface area contributed by atoms with Crippen LogP contribution in [0.5, 0.6) is 0 Å². The summed E-state index contributed by atoms with van der Waals surface area (Å²) in [5.74, 6) is -0.519. The second kappa shape index (κ2) is 3.59. The highest BCUT2D eigenvalue weighted by Gasteiger charge is 2.29. The standard InChI is InChI=1S/C7H11FN2S/c1-6(4-9)7(5-10)11(2,3)8/h6-7H,1-3H3. The van der Waals surface area contributed by atoms with Crippen molar-refractivity contribution in [1.29, 1.82) is 10.5 Å². The van der Waals surface area contributed by atoms with E-state index < -0.39 is 21.6 Å². The summed E-state index contributed by atoms with van der Waals surface area (Å²) in [4.78, 5) is 0. The Kier molecular flexibility index (Phi) is 3.35. The largest absolute Gasteiger partial charge is 0.198 e. The molecule has 0 amide bonds. The maximum atomic E-state index is 13.2. The number of hydrogen-bond acceptors (Lipinski definition) is 2. The van der Waals surface area contributed by atoms with E-state index in [9.17, 15) is 3.89 Å². The van der Waals surface area contributed by atoms with Crippen molar-refractivity contribution in [3.63, 3.8) is 0 Å². The predicted octanol–water partition coefficient (Wildman–Crippen LogP) is 1.99. The summed E-state index contributed by atoms with van der Waals surface area (Å²) in [6.07, 6.45) is 2.80. The molecule has 0 N–H and O–H groups in total. The molecular formula is C7H11FN2S. The van der Waals surface area contributed by atoms with Gasteiger partial charge in [-0.15, -0.1) is 0 Å². The molecule has 0 saturated heterocycles. The lowest BCUT2D eigenvalue weighted by atomic mass is 10.1. The number of hydrogen-bond donors (Lipinski definition) is 0. The molecule has 0 aliphatic carbocycles. The van der Waals surface area contributed by atoms with Crippen LogP contribution in [-0.4, -0.2) is 17.8 Å². The van der Waals surface area contributed by atoms with E-state index >= 15 is 0 Å². The molecule has 0 heterocycles. The highest BCUT2D eigenvalue weighted by Crippen LogP contribution is 2.49. The van der Waals surface area contributed by atoms with Crippen LogP contribution in [0.2, 0.25) is 0 Å². The first-order valence-corrected chi connectivity index (χ1v) is 5.55. The first kappa shape index (κ1) is 10.3. The van der Waals surface area contributed by atoms with Gasteiger partial charge in [0.25, 0.3) is 0 Å². The van der Waals surface area contributed by atoms with Crippen LogP contribution in [0.15, 0.2) is 0 Å². The van der Waals surface area contributed by atoms with Gasteiger partial charge in [-0.25, -0.2) is 0 Å². The first-order valence-electron chi connectivity index (χ1n) is 3.14. The van der Waals surface area contributed by atoms with Crippen molar-refractivity contribution in [2.45, 2.75) is 12.2 Å². The average Bonchev–Trinajstić information content (AvgIpc) is 1.86. The van der Waals surface area contributed by atoms with Crippen molar-refractivity contribution in [2.24, 2.45) is 5.92 Å². The third-order valence-electron chi connectivity index (χ3n) is 1.39. The molecule has 0 bridgehead atoms. The van der Waals surface area contributed by atoms with Gasteiger partial charge in [-0.3, -0.25) is 0 Å². The number of nitriles is 2. The minimum Gasteiger partial charge on any atom is -0.198 e. The Labute approximate surface area is 68.2 Å². The monoisotopic (exact) mass is 174 g/mol. The zero-order chi connectivity index (χ0) is 9.07. The normalized spacial score (nSPS) is 17.6. The molecule has 0 spiro atoms. The fourth-order valence-corrected chi connectivity index (χ4v) is 2.07. The third kappa shape index (κ3) is 2.78. The van der Waals surface area contributed by atoms with Crippen molar-refractivity contribution in [1.82, 2.24) is 0 Å². The fourth-order valence-electron chi connectivity index (χ4n) is 0.790. The molecule has 0 aliphatic rings. The van der Waals surface area contributed by atoms with Crippen LogP contribution in [0.3, 0.4) is 0 Å². The highest BCUT2D eigenvalue weighted by molar-refractivity contribution is 8.29. The quantitative estimate of drug-likeness (QED) is 0.642. The molecule has 0 saturated carbocycles. The molecule has 0 aromatic heterocycles. The van der Waals surface area contributed by atoms with Gasteiger partial charge in [0.2, 0.25) is 0 Å². The van der Waals surface area contributed by atoms with Crippen molar-refractivity contribution >= 4 is 10.4 Å². The smallest absolute Gasteiger partial charge is 0.117 e. The molecule has 2 nitrogen and oxygen atoms in total. The van der Waals surface area contributed by atoms with Gasteiger partial charge in [-0.2, -0.15) is 14.4 Å². The van der Waals surface area contributed by atoms with Gasteiger partial charge in [-0.05, 0) is 19.4 Å². The van der Waals surface area contributed by atoms with Crippen LogP contribution in [-0.2, 0) is 0 Å². The molecule has 2 unspecified atom stereocenters. The molecular weight excluding hydrogens is 163 g/mol. The molecule has 62 valence electrons. The SMILES string of the molecule is CC(C#N)C(C#N)S(C)(C)F. The lowest BCUT2D eigenvalue weighted by molar-refractivity contribution is 0.745. The Balaban J connectivity index is 4.48. The van der Waals surface area contributed by atoms with E-state index in [-0.39, 0.29) is 0 Å². The average molecular weight is 174 g/mol. The molecule has 4 heteroatoms. The Morgan fingerprint density at radius 1 is 1.27 bits per heavy atom. The second-order valence-electron chi connectivity index (χ2n) is 2.74. The van der Waals surface area contributed by atoms with Gasteiger partial charge in [0, 0.05) is 0 Å². The summed E-state index contributed by atoms with van der Waals surface area (Å²) in [5.41, 5.74) is 0. The summed E-state index contributed by atoms with van der Waals surface area (Å²) < 4.78 is 13.2. The fraction of sp³-hybridized carbons (Fsp3) is 0.714. The minimum atomic E-state index is -2.41. The molecule has 0 rings (SSSR count). The lowest BCUT2D eigenvalue weighted by Gasteiger charge is -2.26. The topological polar surface area (TPSA) is 47.6 Å². The maximum Gasteiger partial charge on any atom is 0.117 e. The Morgan fingerprint density at radius 2 is 1.73 bits per heavy atom. The van der Waals surface area contributed by atoms with Crippen molar-refractivity contribution < 1.29 is 3.89 Å². The van der Waals surface area contributed by atoms with E-state index in [0.29, 0.717) is 0 Å². The van der Waals surface area contributed by atoms with Crippen LogP contribution in [0, 0.1) is 28.6 Å². The van der Waals surface area contributed by atoms with E-state index in [2.05, 4.69) is 0 Å². The lowest BCUT2D eigenvalue weighted by Crippen LogP contribution is -2.18. The molecule has 11 heavy (non-hydrogen) atoms. The molecule has 0 radical (unpaired) electrons. The highest BCUT2D eigenvalue weighted by atomic mass is 32.3. The second-order valence-corrected chi connectivity index (χ2v) is 5.81. The van der Waals surface area contributed by atoms with Crippen molar-refractivity contribution in [3.8, 4) is 12.1 Å².